The molecule has 4 heterocycles. The summed E-state index contributed by atoms with van der Waals surface area (Å²) in [5.74, 6) is 1.92. The van der Waals surface area contributed by atoms with E-state index in [2.05, 4.69) is 53.5 Å². The van der Waals surface area contributed by atoms with Crippen molar-refractivity contribution < 1.29 is 0 Å². The Morgan fingerprint density at radius 1 is 1.15 bits per heavy atom. The highest BCUT2D eigenvalue weighted by Crippen LogP contribution is 2.24. The van der Waals surface area contributed by atoms with Crippen LogP contribution >= 0.6 is 0 Å². The maximum Gasteiger partial charge on any atom is 0.278 e. The molecule has 0 aliphatic carbocycles. The third-order valence-electron chi connectivity index (χ3n) is 5.95. The van der Waals surface area contributed by atoms with E-state index in [0.29, 0.717) is 22.8 Å². The third-order valence-corrected chi connectivity index (χ3v) is 5.95. The molecule has 1 aromatic carbocycles. The molecule has 1 aliphatic heterocycles. The van der Waals surface area contributed by atoms with E-state index in [1.165, 1.54) is 11.1 Å². The molecular formula is C24H30N8O. The van der Waals surface area contributed by atoms with Crippen molar-refractivity contribution in [2.24, 2.45) is 0 Å². The maximum atomic E-state index is 13.2. The van der Waals surface area contributed by atoms with E-state index in [0.717, 1.165) is 31.0 Å². The standard InChI is InChI=1S/C24H30N8O/c1-14(2)31-21(33)18-12-27-23(28-17-7-6-16-11-25-9-8-15(16)10-17)30-20(18)32(31)19-13-26-22(29-19)24(3,4)5/h6-7,10,12-14,25H,8-9,11H2,1-5H3,(H,26,29)(H,27,28,30). The minimum Gasteiger partial charge on any atom is -0.346 e. The third kappa shape index (κ3) is 3.82. The average molecular weight is 447 g/mol. The first-order valence-corrected chi connectivity index (χ1v) is 11.4. The first-order valence-electron chi connectivity index (χ1n) is 11.4. The smallest absolute Gasteiger partial charge is 0.278 e. The number of benzene rings is 1. The van der Waals surface area contributed by atoms with Gasteiger partial charge in [-0.25, -0.2) is 19.3 Å². The van der Waals surface area contributed by atoms with Crippen molar-refractivity contribution in [2.75, 3.05) is 11.9 Å². The van der Waals surface area contributed by atoms with Gasteiger partial charge < -0.3 is 15.6 Å². The van der Waals surface area contributed by atoms with Crippen molar-refractivity contribution >= 4 is 22.7 Å². The number of anilines is 2. The van der Waals surface area contributed by atoms with E-state index in [4.69, 9.17) is 9.97 Å². The van der Waals surface area contributed by atoms with Crippen molar-refractivity contribution in [1.82, 2.24) is 34.6 Å². The van der Waals surface area contributed by atoms with Gasteiger partial charge in [0.25, 0.3) is 5.56 Å². The number of nitrogens with one attached hydrogen (secondary N) is 3. The summed E-state index contributed by atoms with van der Waals surface area (Å²) < 4.78 is 3.47. The van der Waals surface area contributed by atoms with Crippen LogP contribution in [0.25, 0.3) is 16.9 Å². The number of aromatic nitrogens is 6. The Labute approximate surface area is 192 Å². The molecule has 0 bridgehead atoms. The quantitative estimate of drug-likeness (QED) is 0.443. The molecular weight excluding hydrogens is 416 g/mol. The van der Waals surface area contributed by atoms with E-state index in [-0.39, 0.29) is 17.0 Å². The predicted molar refractivity (Wildman–Crippen MR) is 129 cm³/mol. The predicted octanol–water partition coefficient (Wildman–Crippen LogP) is 3.57. The van der Waals surface area contributed by atoms with Gasteiger partial charge >= 0.3 is 0 Å². The monoisotopic (exact) mass is 446 g/mol. The highest BCUT2D eigenvalue weighted by molar-refractivity contribution is 5.77. The lowest BCUT2D eigenvalue weighted by molar-refractivity contribution is 0.471. The van der Waals surface area contributed by atoms with Crippen molar-refractivity contribution in [3.63, 3.8) is 0 Å². The zero-order valence-corrected chi connectivity index (χ0v) is 19.7. The lowest BCUT2D eigenvalue weighted by atomic mass is 9.96. The van der Waals surface area contributed by atoms with Crippen LogP contribution in [-0.4, -0.2) is 35.8 Å². The van der Waals surface area contributed by atoms with Gasteiger partial charge in [-0.15, -0.1) is 0 Å². The van der Waals surface area contributed by atoms with Crippen molar-refractivity contribution in [3.05, 3.63) is 57.9 Å². The fourth-order valence-corrected chi connectivity index (χ4v) is 4.23. The summed E-state index contributed by atoms with van der Waals surface area (Å²) >= 11 is 0. The number of hydrogen-bond donors (Lipinski definition) is 3. The molecule has 3 aromatic heterocycles. The Kier molecular flexibility index (Phi) is 5.08. The fourth-order valence-electron chi connectivity index (χ4n) is 4.23. The molecule has 0 saturated heterocycles. The molecule has 0 unspecified atom stereocenters. The normalized spacial score (nSPS) is 14.1. The number of hydrogen-bond acceptors (Lipinski definition) is 6. The molecule has 0 spiro atoms. The summed E-state index contributed by atoms with van der Waals surface area (Å²) in [6, 6.07) is 6.24. The molecule has 0 fully saturated rings. The summed E-state index contributed by atoms with van der Waals surface area (Å²) in [6.45, 7) is 12.1. The summed E-state index contributed by atoms with van der Waals surface area (Å²) in [7, 11) is 0. The Hall–Kier alpha value is -3.46. The minimum absolute atomic E-state index is 0.0767. The van der Waals surface area contributed by atoms with Gasteiger partial charge in [0.05, 0.1) is 0 Å². The molecule has 1 aliphatic rings. The van der Waals surface area contributed by atoms with Gasteiger partial charge in [0.15, 0.2) is 11.5 Å². The van der Waals surface area contributed by atoms with Crippen LogP contribution in [0.2, 0.25) is 0 Å². The first kappa shape index (κ1) is 21.4. The van der Waals surface area contributed by atoms with E-state index < -0.39 is 0 Å². The van der Waals surface area contributed by atoms with Gasteiger partial charge in [-0.05, 0) is 50.1 Å². The molecule has 0 amide bonds. The Balaban J connectivity index is 1.61. The second-order valence-corrected chi connectivity index (χ2v) is 9.88. The molecule has 33 heavy (non-hydrogen) atoms. The number of aromatic amines is 1. The molecule has 172 valence electrons. The second-order valence-electron chi connectivity index (χ2n) is 9.88. The molecule has 0 saturated carbocycles. The van der Waals surface area contributed by atoms with Crippen LogP contribution in [-0.2, 0) is 18.4 Å². The van der Waals surface area contributed by atoms with Gasteiger partial charge in [0, 0.05) is 36.1 Å². The molecule has 4 aromatic rings. The van der Waals surface area contributed by atoms with Gasteiger partial charge in [-0.1, -0.05) is 26.8 Å². The molecule has 3 N–H and O–H groups in total. The first-order chi connectivity index (χ1) is 15.7. The minimum atomic E-state index is -0.145. The topological polar surface area (TPSA) is 105 Å². The summed E-state index contributed by atoms with van der Waals surface area (Å²) in [4.78, 5) is 30.4. The highest BCUT2D eigenvalue weighted by atomic mass is 16.1. The van der Waals surface area contributed by atoms with Gasteiger partial charge in [-0.3, -0.25) is 4.79 Å². The zero-order valence-electron chi connectivity index (χ0n) is 19.7. The molecule has 9 nitrogen and oxygen atoms in total. The lowest BCUT2D eigenvalue weighted by Gasteiger charge is -2.18. The fraction of sp³-hybridized carbons (Fsp3) is 0.417. The maximum absolute atomic E-state index is 13.2. The van der Waals surface area contributed by atoms with Crippen LogP contribution in [0.4, 0.5) is 11.6 Å². The highest BCUT2D eigenvalue weighted by Gasteiger charge is 2.23. The number of rotatable bonds is 4. The second kappa shape index (κ2) is 7.84. The van der Waals surface area contributed by atoms with E-state index >= 15 is 0 Å². The van der Waals surface area contributed by atoms with Crippen LogP contribution in [0, 0.1) is 0 Å². The van der Waals surface area contributed by atoms with Crippen LogP contribution in [0.1, 0.15) is 57.6 Å². The largest absolute Gasteiger partial charge is 0.346 e. The van der Waals surface area contributed by atoms with Crippen LogP contribution < -0.4 is 16.2 Å². The molecule has 0 atom stereocenters. The Bertz CT molecular complexity index is 1390. The van der Waals surface area contributed by atoms with Crippen LogP contribution in [0.3, 0.4) is 0 Å². The number of H-pyrrole nitrogens is 1. The molecule has 5 rings (SSSR count). The van der Waals surface area contributed by atoms with E-state index in [9.17, 15) is 4.79 Å². The van der Waals surface area contributed by atoms with E-state index in [1.807, 2.05) is 26.1 Å². The summed E-state index contributed by atoms with van der Waals surface area (Å²) in [5.41, 5.74) is 3.83. The Morgan fingerprint density at radius 3 is 2.70 bits per heavy atom. The SMILES string of the molecule is CC(C)n1c(=O)c2cnc(Nc3ccc4c(c3)CCNC4)nc2n1-c1c[nH]c(C(C)(C)C)n1. The van der Waals surface area contributed by atoms with Crippen molar-refractivity contribution in [3.8, 4) is 5.82 Å². The van der Waals surface area contributed by atoms with Crippen molar-refractivity contribution in [1.29, 1.82) is 0 Å². The average Bonchev–Trinajstić information content (AvgIpc) is 3.37. The lowest BCUT2D eigenvalue weighted by Crippen LogP contribution is -2.24. The van der Waals surface area contributed by atoms with E-state index in [1.54, 1.807) is 15.6 Å². The molecule has 9 heteroatoms. The zero-order chi connectivity index (χ0) is 23.3. The Morgan fingerprint density at radius 2 is 1.97 bits per heavy atom. The van der Waals surface area contributed by atoms with Crippen LogP contribution in [0.15, 0.2) is 35.4 Å². The summed E-state index contributed by atoms with van der Waals surface area (Å²) in [6.07, 6.45) is 4.42. The van der Waals surface area contributed by atoms with Gasteiger partial charge in [0.2, 0.25) is 5.95 Å². The number of imidazole rings is 1. The van der Waals surface area contributed by atoms with Crippen LogP contribution in [0.5, 0.6) is 0 Å². The molecule has 0 radical (unpaired) electrons. The summed E-state index contributed by atoms with van der Waals surface area (Å²) in [5, 5.41) is 7.17. The number of fused-ring (bicyclic) bond motifs is 2. The number of nitrogens with zero attached hydrogens (tertiary/aromatic N) is 5. The van der Waals surface area contributed by atoms with Gasteiger partial charge in [-0.2, -0.15) is 4.98 Å². The van der Waals surface area contributed by atoms with Gasteiger partial charge in [0.1, 0.15) is 11.2 Å². The van der Waals surface area contributed by atoms with Crippen molar-refractivity contribution in [2.45, 2.75) is 59.0 Å².